The summed E-state index contributed by atoms with van der Waals surface area (Å²) in [6, 6.07) is 7.15. The first-order valence-corrected chi connectivity index (χ1v) is 9.73. The Morgan fingerprint density at radius 3 is 2.48 bits per heavy atom. The molecule has 1 N–H and O–H groups in total. The molecular formula is C16H24N2O4S. The summed E-state index contributed by atoms with van der Waals surface area (Å²) in [6.07, 6.45) is 1.26. The maximum Gasteiger partial charge on any atom is 0.242 e. The number of amides is 1. The summed E-state index contributed by atoms with van der Waals surface area (Å²) in [5.41, 5.74) is 1.35. The van der Waals surface area contributed by atoms with E-state index in [1.165, 1.54) is 6.26 Å². The van der Waals surface area contributed by atoms with E-state index in [9.17, 15) is 13.2 Å². The van der Waals surface area contributed by atoms with Crippen molar-refractivity contribution in [3.05, 3.63) is 29.8 Å². The number of carbonyl (C=O) groups excluding carboxylic acids is 1. The fourth-order valence-electron chi connectivity index (χ4n) is 2.77. The van der Waals surface area contributed by atoms with Crippen LogP contribution in [0.3, 0.4) is 0 Å². The van der Waals surface area contributed by atoms with Gasteiger partial charge in [-0.05, 0) is 25.5 Å². The zero-order valence-electron chi connectivity index (χ0n) is 13.8. The van der Waals surface area contributed by atoms with E-state index in [0.717, 1.165) is 0 Å². The van der Waals surface area contributed by atoms with Crippen LogP contribution in [-0.4, -0.2) is 57.3 Å². The van der Waals surface area contributed by atoms with Gasteiger partial charge in [-0.15, -0.1) is 0 Å². The number of anilines is 1. The molecule has 1 fully saturated rings. The third-order valence-electron chi connectivity index (χ3n) is 3.64. The summed E-state index contributed by atoms with van der Waals surface area (Å²) in [4.78, 5) is 14.1. The summed E-state index contributed by atoms with van der Waals surface area (Å²) in [7, 11) is -3.13. The van der Waals surface area contributed by atoms with E-state index >= 15 is 0 Å². The lowest BCUT2D eigenvalue weighted by atomic mass is 10.2. The third-order valence-corrected chi connectivity index (χ3v) is 4.47. The summed E-state index contributed by atoms with van der Waals surface area (Å²) >= 11 is 0. The first-order valence-electron chi connectivity index (χ1n) is 7.67. The molecule has 1 aliphatic heterocycles. The molecule has 0 spiro atoms. The molecule has 1 aromatic rings. The molecule has 0 saturated carbocycles. The standard InChI is InChI=1S/C16H24N2O4S/c1-12-9-18(10-13(2)22-12)16(19)8-17-15-7-5-4-6-14(15)11-23(3,20)21/h4-7,12-13,17H,8-11H2,1-3H3/t12-,13+. The van der Waals surface area contributed by atoms with Crippen LogP contribution in [0.5, 0.6) is 0 Å². The van der Waals surface area contributed by atoms with Gasteiger partial charge < -0.3 is 15.0 Å². The molecular weight excluding hydrogens is 316 g/mol. The monoisotopic (exact) mass is 340 g/mol. The van der Waals surface area contributed by atoms with Crippen molar-refractivity contribution in [3.63, 3.8) is 0 Å². The predicted octanol–water partition coefficient (Wildman–Crippen LogP) is 1.28. The van der Waals surface area contributed by atoms with E-state index in [0.29, 0.717) is 24.3 Å². The Morgan fingerprint density at radius 1 is 1.26 bits per heavy atom. The summed E-state index contributed by atoms with van der Waals surface area (Å²) in [6.45, 7) is 5.20. The number of benzene rings is 1. The first kappa shape index (κ1) is 17.7. The van der Waals surface area contributed by atoms with Gasteiger partial charge in [-0.1, -0.05) is 18.2 Å². The highest BCUT2D eigenvalue weighted by molar-refractivity contribution is 7.89. The maximum absolute atomic E-state index is 12.3. The molecule has 2 rings (SSSR count). The second kappa shape index (κ2) is 7.31. The molecule has 1 amide bonds. The van der Waals surface area contributed by atoms with Crippen LogP contribution >= 0.6 is 0 Å². The Kier molecular flexibility index (Phi) is 5.64. The van der Waals surface area contributed by atoms with Gasteiger partial charge in [0, 0.05) is 25.0 Å². The van der Waals surface area contributed by atoms with Crippen LogP contribution in [0, 0.1) is 0 Å². The molecule has 2 atom stereocenters. The predicted molar refractivity (Wildman–Crippen MR) is 90.1 cm³/mol. The number of hydrogen-bond acceptors (Lipinski definition) is 5. The lowest BCUT2D eigenvalue weighted by molar-refractivity contribution is -0.141. The quantitative estimate of drug-likeness (QED) is 0.874. The van der Waals surface area contributed by atoms with Crippen molar-refractivity contribution in [2.75, 3.05) is 31.2 Å². The highest BCUT2D eigenvalue weighted by atomic mass is 32.2. The molecule has 0 aromatic heterocycles. The van der Waals surface area contributed by atoms with E-state index < -0.39 is 9.84 Å². The smallest absolute Gasteiger partial charge is 0.242 e. The number of morpholine rings is 1. The lowest BCUT2D eigenvalue weighted by Gasteiger charge is -2.35. The van der Waals surface area contributed by atoms with Crippen molar-refractivity contribution in [1.82, 2.24) is 4.90 Å². The van der Waals surface area contributed by atoms with Crippen molar-refractivity contribution in [2.24, 2.45) is 0 Å². The molecule has 0 unspecified atom stereocenters. The Morgan fingerprint density at radius 2 is 1.87 bits per heavy atom. The molecule has 7 heteroatoms. The van der Waals surface area contributed by atoms with Gasteiger partial charge >= 0.3 is 0 Å². The molecule has 23 heavy (non-hydrogen) atoms. The van der Waals surface area contributed by atoms with E-state index in [4.69, 9.17) is 4.74 Å². The van der Waals surface area contributed by atoms with Gasteiger partial charge in [0.15, 0.2) is 9.84 Å². The minimum Gasteiger partial charge on any atom is -0.376 e. The van der Waals surface area contributed by atoms with Crippen molar-refractivity contribution >= 4 is 21.4 Å². The number of carbonyl (C=O) groups is 1. The average molecular weight is 340 g/mol. The fraction of sp³-hybridized carbons (Fsp3) is 0.562. The van der Waals surface area contributed by atoms with Gasteiger partial charge in [0.1, 0.15) is 0 Å². The fourth-order valence-corrected chi connectivity index (χ4v) is 3.58. The minimum absolute atomic E-state index is 0.0128. The van der Waals surface area contributed by atoms with E-state index in [1.807, 2.05) is 19.9 Å². The van der Waals surface area contributed by atoms with Gasteiger partial charge in [0.05, 0.1) is 24.5 Å². The van der Waals surface area contributed by atoms with Crippen LogP contribution in [0.4, 0.5) is 5.69 Å². The molecule has 1 aliphatic rings. The number of nitrogens with zero attached hydrogens (tertiary/aromatic N) is 1. The largest absolute Gasteiger partial charge is 0.376 e. The molecule has 6 nitrogen and oxygen atoms in total. The second-order valence-electron chi connectivity index (χ2n) is 6.14. The van der Waals surface area contributed by atoms with Crippen molar-refractivity contribution in [1.29, 1.82) is 0 Å². The SMILES string of the molecule is C[C@@H]1CN(C(=O)CNc2ccccc2CS(C)(=O)=O)C[C@H](C)O1. The van der Waals surface area contributed by atoms with Crippen molar-refractivity contribution < 1.29 is 17.9 Å². The highest BCUT2D eigenvalue weighted by Gasteiger charge is 2.25. The molecule has 0 aliphatic carbocycles. The molecule has 128 valence electrons. The van der Waals surface area contributed by atoms with Crippen LogP contribution in [0.2, 0.25) is 0 Å². The number of rotatable bonds is 5. The van der Waals surface area contributed by atoms with Gasteiger partial charge in [-0.2, -0.15) is 0 Å². The molecule has 0 radical (unpaired) electrons. The third kappa shape index (κ3) is 5.51. The Bertz CT molecular complexity index is 650. The number of para-hydroxylation sites is 1. The van der Waals surface area contributed by atoms with Crippen molar-refractivity contribution in [2.45, 2.75) is 31.8 Å². The van der Waals surface area contributed by atoms with Gasteiger partial charge in [-0.25, -0.2) is 8.42 Å². The van der Waals surface area contributed by atoms with Crippen LogP contribution < -0.4 is 5.32 Å². The molecule has 1 saturated heterocycles. The number of ether oxygens (including phenoxy) is 1. The Labute approximate surface area is 137 Å². The normalized spacial score (nSPS) is 22.0. The first-order chi connectivity index (χ1) is 10.7. The van der Waals surface area contributed by atoms with Crippen LogP contribution in [0.1, 0.15) is 19.4 Å². The number of hydrogen-bond donors (Lipinski definition) is 1. The Hall–Kier alpha value is -1.60. The Balaban J connectivity index is 1.99. The number of sulfone groups is 1. The molecule has 1 aromatic carbocycles. The zero-order valence-corrected chi connectivity index (χ0v) is 14.6. The summed E-state index contributed by atoms with van der Waals surface area (Å²) in [5.74, 6) is -0.0585. The van der Waals surface area contributed by atoms with E-state index in [2.05, 4.69) is 5.32 Å². The van der Waals surface area contributed by atoms with Crippen molar-refractivity contribution in [3.8, 4) is 0 Å². The maximum atomic E-state index is 12.3. The lowest BCUT2D eigenvalue weighted by Crippen LogP contribution is -2.49. The average Bonchev–Trinajstić information content (AvgIpc) is 2.43. The summed E-state index contributed by atoms with van der Waals surface area (Å²) in [5, 5.41) is 3.07. The zero-order chi connectivity index (χ0) is 17.0. The number of nitrogens with one attached hydrogen (secondary N) is 1. The molecule has 0 bridgehead atoms. The summed E-state index contributed by atoms with van der Waals surface area (Å²) < 4.78 is 28.6. The van der Waals surface area contributed by atoms with E-state index in [1.54, 1.807) is 23.1 Å². The van der Waals surface area contributed by atoms with Gasteiger partial charge in [0.25, 0.3) is 0 Å². The topological polar surface area (TPSA) is 75.7 Å². The van der Waals surface area contributed by atoms with Crippen LogP contribution in [-0.2, 0) is 25.1 Å². The van der Waals surface area contributed by atoms with Crippen LogP contribution in [0.15, 0.2) is 24.3 Å². The molecule has 1 heterocycles. The van der Waals surface area contributed by atoms with Gasteiger partial charge in [-0.3, -0.25) is 4.79 Å². The van der Waals surface area contributed by atoms with E-state index in [-0.39, 0.29) is 30.4 Å². The van der Waals surface area contributed by atoms with Gasteiger partial charge in [0.2, 0.25) is 5.91 Å². The highest BCUT2D eigenvalue weighted by Crippen LogP contribution is 2.18. The minimum atomic E-state index is -3.13. The van der Waals surface area contributed by atoms with Crippen LogP contribution in [0.25, 0.3) is 0 Å². The second-order valence-corrected chi connectivity index (χ2v) is 8.28.